The number of carbonyl (C=O) groups is 1. The quantitative estimate of drug-likeness (QED) is 0.402. The number of anilines is 2. The fourth-order valence-corrected chi connectivity index (χ4v) is 3.83. The summed E-state index contributed by atoms with van der Waals surface area (Å²) in [4.78, 5) is 11.7. The number of halogens is 6. The maximum absolute atomic E-state index is 12.8. The van der Waals surface area contributed by atoms with Crippen LogP contribution in [0, 0.1) is 0 Å². The Morgan fingerprint density at radius 1 is 0.771 bits per heavy atom. The molecular weight excluding hydrogens is 502 g/mol. The average molecular weight is 518 g/mol. The summed E-state index contributed by atoms with van der Waals surface area (Å²) in [6, 6.07) is 12.2. The summed E-state index contributed by atoms with van der Waals surface area (Å²) in [7, 11) is -4.21. The normalized spacial score (nSPS) is 12.2. The minimum atomic E-state index is -4.64. The number of carbonyl (C=O) groups excluding carboxylic acids is 1. The lowest BCUT2D eigenvalue weighted by atomic mass is 10.2. The second-order valence-corrected chi connectivity index (χ2v) is 8.75. The number of ether oxygens (including phenoxy) is 1. The van der Waals surface area contributed by atoms with E-state index in [-0.39, 0.29) is 22.0 Å². The van der Waals surface area contributed by atoms with Gasteiger partial charge in [-0.25, -0.2) is 8.42 Å². The van der Waals surface area contributed by atoms with Crippen LogP contribution in [0.15, 0.2) is 77.7 Å². The van der Waals surface area contributed by atoms with Gasteiger partial charge in [0.05, 0.1) is 16.0 Å². The number of amides is 1. The van der Waals surface area contributed by atoms with Crippen LogP contribution in [0.2, 0.25) is 0 Å². The summed E-state index contributed by atoms with van der Waals surface area (Å²) >= 11 is 0. The van der Waals surface area contributed by atoms with Crippen LogP contribution in [-0.4, -0.2) is 20.9 Å². The van der Waals surface area contributed by atoms with Crippen LogP contribution in [-0.2, 0) is 27.2 Å². The minimum absolute atomic E-state index is 0.102. The molecule has 3 aromatic carbocycles. The molecule has 3 aromatic rings. The molecule has 0 aliphatic heterocycles. The molecule has 0 heterocycles. The second kappa shape index (κ2) is 9.86. The molecule has 0 unspecified atom stereocenters. The number of alkyl halides is 6. The molecule has 0 radical (unpaired) electrons. The SMILES string of the molecule is O=C(COc1ccc(S(=O)(=O)Nc2cccc(C(F)(F)F)c2)cc1)Nc1ccc(C(F)(F)F)cc1. The van der Waals surface area contributed by atoms with Gasteiger partial charge >= 0.3 is 12.4 Å². The maximum Gasteiger partial charge on any atom is 0.416 e. The fourth-order valence-electron chi connectivity index (χ4n) is 2.78. The zero-order valence-electron chi connectivity index (χ0n) is 17.4. The Bertz CT molecular complexity index is 1290. The van der Waals surface area contributed by atoms with Crippen LogP contribution in [0.5, 0.6) is 5.75 Å². The topological polar surface area (TPSA) is 84.5 Å². The number of hydrogen-bond donors (Lipinski definition) is 2. The molecule has 3 rings (SSSR count). The zero-order valence-corrected chi connectivity index (χ0v) is 18.3. The summed E-state index contributed by atoms with van der Waals surface area (Å²) < 4.78 is 108. The largest absolute Gasteiger partial charge is 0.484 e. The van der Waals surface area contributed by atoms with Crippen molar-refractivity contribution in [1.29, 1.82) is 0 Å². The molecule has 0 saturated carbocycles. The Morgan fingerprint density at radius 3 is 1.94 bits per heavy atom. The molecule has 13 heteroatoms. The van der Waals surface area contributed by atoms with E-state index < -0.39 is 46.0 Å². The summed E-state index contributed by atoms with van der Waals surface area (Å²) in [6.45, 7) is -0.518. The van der Waals surface area contributed by atoms with Crippen LogP contribution in [0.3, 0.4) is 0 Å². The predicted molar refractivity (Wildman–Crippen MR) is 114 cm³/mol. The Hall–Kier alpha value is -3.74. The first kappa shape index (κ1) is 25.9. The predicted octanol–water partition coefficient (Wildman–Crippen LogP) is 5.54. The van der Waals surface area contributed by atoms with Crippen LogP contribution >= 0.6 is 0 Å². The number of rotatable bonds is 7. The van der Waals surface area contributed by atoms with E-state index >= 15 is 0 Å². The van der Waals surface area contributed by atoms with E-state index in [9.17, 15) is 39.6 Å². The maximum atomic E-state index is 12.8. The Labute approximate surface area is 195 Å². The van der Waals surface area contributed by atoms with Gasteiger partial charge < -0.3 is 10.1 Å². The molecule has 0 aromatic heterocycles. The van der Waals surface area contributed by atoms with Crippen molar-refractivity contribution >= 4 is 27.3 Å². The van der Waals surface area contributed by atoms with Gasteiger partial charge in [-0.05, 0) is 66.7 Å². The molecule has 0 spiro atoms. The van der Waals surface area contributed by atoms with Crippen LogP contribution in [0.25, 0.3) is 0 Å². The van der Waals surface area contributed by atoms with E-state index in [4.69, 9.17) is 4.74 Å². The van der Waals surface area contributed by atoms with Gasteiger partial charge in [-0.3, -0.25) is 9.52 Å². The average Bonchev–Trinajstić information content (AvgIpc) is 2.77. The first-order chi connectivity index (χ1) is 16.2. The summed E-state index contributed by atoms with van der Waals surface area (Å²) in [5, 5.41) is 2.35. The highest BCUT2D eigenvalue weighted by Gasteiger charge is 2.31. The minimum Gasteiger partial charge on any atom is -0.484 e. The molecule has 0 aliphatic carbocycles. The summed E-state index contributed by atoms with van der Waals surface area (Å²) in [6.07, 6.45) is -9.15. The summed E-state index contributed by atoms with van der Waals surface area (Å²) in [5.41, 5.74) is -2.05. The van der Waals surface area contributed by atoms with Gasteiger partial charge in [-0.15, -0.1) is 0 Å². The van der Waals surface area contributed by atoms with Crippen molar-refractivity contribution in [3.63, 3.8) is 0 Å². The molecule has 2 N–H and O–H groups in total. The third-order valence-corrected chi connectivity index (χ3v) is 5.84. The molecular formula is C22H16F6N2O4S. The molecule has 0 saturated heterocycles. The molecule has 0 bridgehead atoms. The Balaban J connectivity index is 1.58. The third-order valence-electron chi connectivity index (χ3n) is 4.44. The van der Waals surface area contributed by atoms with E-state index in [1.165, 1.54) is 18.2 Å². The molecule has 35 heavy (non-hydrogen) atoms. The Kier molecular flexibility index (Phi) is 7.29. The monoisotopic (exact) mass is 518 g/mol. The van der Waals surface area contributed by atoms with Crippen molar-refractivity contribution in [3.8, 4) is 5.75 Å². The van der Waals surface area contributed by atoms with Crippen molar-refractivity contribution < 1.29 is 44.3 Å². The number of hydrogen-bond acceptors (Lipinski definition) is 4. The highest BCUT2D eigenvalue weighted by atomic mass is 32.2. The van der Waals surface area contributed by atoms with E-state index in [2.05, 4.69) is 10.0 Å². The van der Waals surface area contributed by atoms with E-state index in [1.807, 2.05) is 0 Å². The standard InChI is InChI=1S/C22H16F6N2O4S/c23-21(24,25)14-4-6-16(7-5-14)29-20(31)13-34-18-8-10-19(11-9-18)35(32,33)30-17-3-1-2-15(12-17)22(26,27)28/h1-12,30H,13H2,(H,29,31). The zero-order chi connectivity index (χ0) is 25.9. The van der Waals surface area contributed by atoms with Gasteiger partial charge in [0.2, 0.25) is 0 Å². The lowest BCUT2D eigenvalue weighted by molar-refractivity contribution is -0.138. The number of benzene rings is 3. The molecule has 186 valence electrons. The van der Waals surface area contributed by atoms with E-state index in [0.717, 1.165) is 48.5 Å². The van der Waals surface area contributed by atoms with E-state index in [1.54, 1.807) is 0 Å². The van der Waals surface area contributed by atoms with E-state index in [0.29, 0.717) is 6.07 Å². The molecule has 0 fully saturated rings. The molecule has 0 atom stereocenters. The van der Waals surface area contributed by atoms with Gasteiger partial charge in [-0.1, -0.05) is 6.07 Å². The van der Waals surface area contributed by atoms with Crippen molar-refractivity contribution in [1.82, 2.24) is 0 Å². The first-order valence-electron chi connectivity index (χ1n) is 9.64. The molecule has 1 amide bonds. The highest BCUT2D eigenvalue weighted by molar-refractivity contribution is 7.92. The van der Waals surface area contributed by atoms with Crippen LogP contribution < -0.4 is 14.8 Å². The number of sulfonamides is 1. The summed E-state index contributed by atoms with van der Waals surface area (Å²) in [5.74, 6) is -0.571. The van der Waals surface area contributed by atoms with Gasteiger partial charge in [0.25, 0.3) is 15.9 Å². The van der Waals surface area contributed by atoms with Crippen molar-refractivity contribution in [3.05, 3.63) is 83.9 Å². The fraction of sp³-hybridized carbons (Fsp3) is 0.136. The van der Waals surface area contributed by atoms with Gasteiger partial charge in [0.15, 0.2) is 6.61 Å². The lowest BCUT2D eigenvalue weighted by Crippen LogP contribution is -2.20. The lowest BCUT2D eigenvalue weighted by Gasteiger charge is -2.12. The van der Waals surface area contributed by atoms with Crippen LogP contribution in [0.1, 0.15) is 11.1 Å². The second-order valence-electron chi connectivity index (χ2n) is 7.07. The van der Waals surface area contributed by atoms with Gasteiger partial charge in [-0.2, -0.15) is 26.3 Å². The molecule has 6 nitrogen and oxygen atoms in total. The van der Waals surface area contributed by atoms with Gasteiger partial charge in [0.1, 0.15) is 5.75 Å². The first-order valence-corrected chi connectivity index (χ1v) is 11.1. The van der Waals surface area contributed by atoms with Crippen molar-refractivity contribution in [2.24, 2.45) is 0 Å². The Morgan fingerprint density at radius 2 is 1.37 bits per heavy atom. The van der Waals surface area contributed by atoms with Crippen molar-refractivity contribution in [2.75, 3.05) is 16.6 Å². The van der Waals surface area contributed by atoms with Gasteiger partial charge in [0, 0.05) is 11.4 Å². The third kappa shape index (κ3) is 7.12. The van der Waals surface area contributed by atoms with Crippen molar-refractivity contribution in [2.45, 2.75) is 17.2 Å². The van der Waals surface area contributed by atoms with Crippen LogP contribution in [0.4, 0.5) is 37.7 Å². The highest BCUT2D eigenvalue weighted by Crippen LogP contribution is 2.32. The number of nitrogens with one attached hydrogen (secondary N) is 2. The smallest absolute Gasteiger partial charge is 0.416 e. The molecule has 0 aliphatic rings.